The van der Waals surface area contributed by atoms with Crippen LogP contribution in [0.2, 0.25) is 5.02 Å². The average molecular weight is 343 g/mol. The number of hydrogen-bond acceptors (Lipinski definition) is 4. The normalized spacial score (nSPS) is 10.5. The van der Waals surface area contributed by atoms with Gasteiger partial charge in [0.1, 0.15) is 5.75 Å². The van der Waals surface area contributed by atoms with Crippen LogP contribution in [0, 0.1) is 6.92 Å². The number of aryl methyl sites for hydroxylation is 1. The second-order valence-electron chi connectivity index (χ2n) is 5.18. The fourth-order valence-electron chi connectivity index (χ4n) is 2.33. The van der Waals surface area contributed by atoms with E-state index in [9.17, 15) is 4.79 Å². The van der Waals surface area contributed by atoms with E-state index < -0.39 is 0 Å². The molecular weight excluding hydrogens is 328 g/mol. The molecule has 0 radical (unpaired) electrons. The molecular formula is C18H15ClN2O3. The molecule has 1 heterocycles. The van der Waals surface area contributed by atoms with Crippen molar-refractivity contribution in [2.24, 2.45) is 0 Å². The first kappa shape index (κ1) is 16.1. The van der Waals surface area contributed by atoms with Crippen LogP contribution in [0.15, 0.2) is 53.3 Å². The first-order chi connectivity index (χ1) is 11.6. The molecule has 2 aromatic carbocycles. The van der Waals surface area contributed by atoms with Crippen LogP contribution in [0.25, 0.3) is 11.3 Å². The summed E-state index contributed by atoms with van der Waals surface area (Å²) in [6.07, 6.45) is 1.25. The van der Waals surface area contributed by atoms with Gasteiger partial charge in [0.2, 0.25) is 0 Å². The van der Waals surface area contributed by atoms with Gasteiger partial charge in [-0.15, -0.1) is 0 Å². The topological polar surface area (TPSA) is 64.4 Å². The number of carbonyl (C=O) groups is 1. The number of methoxy groups -OCH3 is 1. The van der Waals surface area contributed by atoms with Crippen molar-refractivity contribution in [2.45, 2.75) is 6.92 Å². The van der Waals surface area contributed by atoms with Crippen LogP contribution in [-0.4, -0.2) is 18.0 Å². The number of carbonyl (C=O) groups excluding carboxylic acids is 1. The summed E-state index contributed by atoms with van der Waals surface area (Å²) in [7, 11) is 1.58. The highest BCUT2D eigenvalue weighted by molar-refractivity contribution is 6.30. The zero-order valence-corrected chi connectivity index (χ0v) is 13.9. The minimum Gasteiger partial charge on any atom is -0.497 e. The lowest BCUT2D eigenvalue weighted by Crippen LogP contribution is -2.14. The second kappa shape index (κ2) is 6.76. The SMILES string of the molecule is COc1cccc(-c2ocnc2C(=O)Nc2ccc(Cl)cc2C)c1. The third kappa shape index (κ3) is 3.26. The molecule has 122 valence electrons. The number of aromatic nitrogens is 1. The summed E-state index contributed by atoms with van der Waals surface area (Å²) in [5.41, 5.74) is 2.45. The molecule has 24 heavy (non-hydrogen) atoms. The molecule has 6 heteroatoms. The van der Waals surface area contributed by atoms with Gasteiger partial charge >= 0.3 is 0 Å². The van der Waals surface area contributed by atoms with Gasteiger partial charge in [-0.3, -0.25) is 4.79 Å². The third-order valence-corrected chi connectivity index (χ3v) is 3.79. The van der Waals surface area contributed by atoms with Crippen molar-refractivity contribution in [3.8, 4) is 17.1 Å². The molecule has 1 aromatic heterocycles. The van der Waals surface area contributed by atoms with Crippen molar-refractivity contribution in [1.82, 2.24) is 4.98 Å². The van der Waals surface area contributed by atoms with E-state index in [1.165, 1.54) is 6.39 Å². The summed E-state index contributed by atoms with van der Waals surface area (Å²) in [6.45, 7) is 1.87. The number of ether oxygens (including phenoxy) is 1. The van der Waals surface area contributed by atoms with Gasteiger partial charge in [0.25, 0.3) is 5.91 Å². The number of benzene rings is 2. The maximum absolute atomic E-state index is 12.6. The highest BCUT2D eigenvalue weighted by Crippen LogP contribution is 2.27. The number of anilines is 1. The molecule has 5 nitrogen and oxygen atoms in total. The second-order valence-corrected chi connectivity index (χ2v) is 5.61. The minimum absolute atomic E-state index is 0.206. The Morgan fingerprint density at radius 2 is 2.08 bits per heavy atom. The van der Waals surface area contributed by atoms with Gasteiger partial charge in [-0.25, -0.2) is 4.98 Å². The highest BCUT2D eigenvalue weighted by Gasteiger charge is 2.19. The lowest BCUT2D eigenvalue weighted by molar-refractivity contribution is 0.102. The van der Waals surface area contributed by atoms with Crippen molar-refractivity contribution in [1.29, 1.82) is 0 Å². The van der Waals surface area contributed by atoms with E-state index >= 15 is 0 Å². The minimum atomic E-state index is -0.355. The van der Waals surface area contributed by atoms with Gasteiger partial charge in [-0.1, -0.05) is 23.7 Å². The molecule has 0 aliphatic rings. The van der Waals surface area contributed by atoms with Crippen molar-refractivity contribution in [3.05, 3.63) is 65.1 Å². The first-order valence-electron chi connectivity index (χ1n) is 7.24. The molecule has 3 aromatic rings. The molecule has 1 N–H and O–H groups in total. The Morgan fingerprint density at radius 3 is 2.83 bits per heavy atom. The number of hydrogen-bond donors (Lipinski definition) is 1. The first-order valence-corrected chi connectivity index (χ1v) is 7.61. The van der Waals surface area contributed by atoms with E-state index in [-0.39, 0.29) is 11.6 Å². The van der Waals surface area contributed by atoms with Crippen molar-refractivity contribution in [3.63, 3.8) is 0 Å². The van der Waals surface area contributed by atoms with E-state index in [1.807, 2.05) is 25.1 Å². The number of nitrogens with zero attached hydrogens (tertiary/aromatic N) is 1. The van der Waals surface area contributed by atoms with Crippen LogP contribution in [0.5, 0.6) is 5.75 Å². The summed E-state index contributed by atoms with van der Waals surface area (Å²) < 4.78 is 10.6. The standard InChI is InChI=1S/C18H15ClN2O3/c1-11-8-13(19)6-7-15(11)21-18(22)16-17(24-10-20-16)12-4-3-5-14(9-12)23-2/h3-10H,1-2H3,(H,21,22). The maximum atomic E-state index is 12.6. The van der Waals surface area contributed by atoms with Gasteiger partial charge in [-0.2, -0.15) is 0 Å². The quantitative estimate of drug-likeness (QED) is 0.754. The number of nitrogens with one attached hydrogen (secondary N) is 1. The Bertz CT molecular complexity index is 889. The predicted octanol–water partition coefficient (Wildman–Crippen LogP) is 4.56. The maximum Gasteiger partial charge on any atom is 0.278 e. The third-order valence-electron chi connectivity index (χ3n) is 3.55. The Hall–Kier alpha value is -2.79. The predicted molar refractivity (Wildman–Crippen MR) is 92.6 cm³/mol. The molecule has 1 amide bonds. The van der Waals surface area contributed by atoms with Crippen molar-refractivity contribution in [2.75, 3.05) is 12.4 Å². The van der Waals surface area contributed by atoms with Gasteiger partial charge in [-0.05, 0) is 42.8 Å². The summed E-state index contributed by atoms with van der Waals surface area (Å²) in [5, 5.41) is 3.44. The Kier molecular flexibility index (Phi) is 4.53. The molecule has 0 saturated carbocycles. The van der Waals surface area contributed by atoms with Crippen LogP contribution in [0.3, 0.4) is 0 Å². The van der Waals surface area contributed by atoms with Gasteiger partial charge in [0.15, 0.2) is 17.8 Å². The van der Waals surface area contributed by atoms with E-state index in [1.54, 1.807) is 31.4 Å². The smallest absolute Gasteiger partial charge is 0.278 e. The molecule has 0 saturated heterocycles. The molecule has 3 rings (SSSR count). The largest absolute Gasteiger partial charge is 0.497 e. The monoisotopic (exact) mass is 342 g/mol. The molecule has 0 atom stereocenters. The molecule has 0 aliphatic heterocycles. The molecule has 0 spiro atoms. The van der Waals surface area contributed by atoms with Crippen LogP contribution in [0.1, 0.15) is 16.1 Å². The van der Waals surface area contributed by atoms with Gasteiger partial charge in [0, 0.05) is 16.3 Å². The Morgan fingerprint density at radius 1 is 1.25 bits per heavy atom. The zero-order valence-electron chi connectivity index (χ0n) is 13.2. The number of rotatable bonds is 4. The zero-order chi connectivity index (χ0) is 17.1. The lowest BCUT2D eigenvalue weighted by atomic mass is 10.1. The number of amides is 1. The Balaban J connectivity index is 1.90. The summed E-state index contributed by atoms with van der Waals surface area (Å²) in [5.74, 6) is 0.703. The molecule has 0 aliphatic carbocycles. The summed E-state index contributed by atoms with van der Waals surface area (Å²) in [6, 6.07) is 12.5. The van der Waals surface area contributed by atoms with Crippen LogP contribution < -0.4 is 10.1 Å². The van der Waals surface area contributed by atoms with Crippen LogP contribution in [-0.2, 0) is 0 Å². The summed E-state index contributed by atoms with van der Waals surface area (Å²) >= 11 is 5.93. The van der Waals surface area contributed by atoms with Crippen LogP contribution in [0.4, 0.5) is 5.69 Å². The fraction of sp³-hybridized carbons (Fsp3) is 0.111. The molecule has 0 unspecified atom stereocenters. The fourth-order valence-corrected chi connectivity index (χ4v) is 2.55. The molecule has 0 bridgehead atoms. The van der Waals surface area contributed by atoms with E-state index in [2.05, 4.69) is 10.3 Å². The Labute approximate surface area is 144 Å². The number of oxazole rings is 1. The lowest BCUT2D eigenvalue weighted by Gasteiger charge is -2.08. The van der Waals surface area contributed by atoms with E-state index in [0.29, 0.717) is 27.8 Å². The van der Waals surface area contributed by atoms with Crippen LogP contribution >= 0.6 is 11.6 Å². The van der Waals surface area contributed by atoms with Crippen molar-refractivity contribution >= 4 is 23.2 Å². The highest BCUT2D eigenvalue weighted by atomic mass is 35.5. The van der Waals surface area contributed by atoms with Crippen molar-refractivity contribution < 1.29 is 13.9 Å². The summed E-state index contributed by atoms with van der Waals surface area (Å²) in [4.78, 5) is 16.6. The number of halogens is 1. The van der Waals surface area contributed by atoms with E-state index in [4.69, 9.17) is 20.8 Å². The molecule has 0 fully saturated rings. The van der Waals surface area contributed by atoms with Gasteiger partial charge in [0.05, 0.1) is 7.11 Å². The van der Waals surface area contributed by atoms with Gasteiger partial charge < -0.3 is 14.5 Å². The average Bonchev–Trinajstić information content (AvgIpc) is 3.07. The van der Waals surface area contributed by atoms with E-state index in [0.717, 1.165) is 5.56 Å².